The van der Waals surface area contributed by atoms with E-state index < -0.39 is 5.97 Å². The number of amides is 1. The van der Waals surface area contributed by atoms with E-state index in [1.165, 1.54) is 6.92 Å². The van der Waals surface area contributed by atoms with Crippen LogP contribution in [0.25, 0.3) is 0 Å². The number of hydrogen-bond donors (Lipinski definition) is 1. The summed E-state index contributed by atoms with van der Waals surface area (Å²) in [4.78, 5) is 21.8. The lowest BCUT2D eigenvalue weighted by atomic mass is 10.2. The van der Waals surface area contributed by atoms with E-state index in [0.717, 1.165) is 0 Å². The maximum Gasteiger partial charge on any atom is 0.325 e. The summed E-state index contributed by atoms with van der Waals surface area (Å²) in [7, 11) is 0. The SMILES string of the molecule is CC(=O)NCC(=O)OCc1c(Cl)cccc1Cl. The van der Waals surface area contributed by atoms with E-state index >= 15 is 0 Å². The molecule has 0 unspecified atom stereocenters. The Morgan fingerprint density at radius 1 is 1.29 bits per heavy atom. The summed E-state index contributed by atoms with van der Waals surface area (Å²) in [5, 5.41) is 3.20. The number of nitrogens with one attached hydrogen (secondary N) is 1. The molecule has 1 aromatic rings. The molecule has 0 aromatic heterocycles. The van der Waals surface area contributed by atoms with Crippen LogP contribution in [0.5, 0.6) is 0 Å². The third-order valence-electron chi connectivity index (χ3n) is 1.92. The zero-order valence-corrected chi connectivity index (χ0v) is 10.6. The first-order valence-electron chi connectivity index (χ1n) is 4.83. The number of esters is 1. The predicted octanol–water partition coefficient (Wildman–Crippen LogP) is 2.17. The highest BCUT2D eigenvalue weighted by Gasteiger charge is 2.09. The van der Waals surface area contributed by atoms with Gasteiger partial charge >= 0.3 is 5.97 Å². The van der Waals surface area contributed by atoms with Crippen molar-refractivity contribution in [1.29, 1.82) is 0 Å². The topological polar surface area (TPSA) is 55.4 Å². The Morgan fingerprint density at radius 2 is 1.88 bits per heavy atom. The van der Waals surface area contributed by atoms with E-state index in [9.17, 15) is 9.59 Å². The summed E-state index contributed by atoms with van der Waals surface area (Å²) in [6.45, 7) is 1.13. The van der Waals surface area contributed by atoms with E-state index in [2.05, 4.69) is 5.32 Å². The van der Waals surface area contributed by atoms with Crippen molar-refractivity contribution in [2.75, 3.05) is 6.54 Å². The fourth-order valence-electron chi connectivity index (χ4n) is 1.07. The molecule has 1 amide bonds. The third kappa shape index (κ3) is 4.63. The predicted molar refractivity (Wildman–Crippen MR) is 64.9 cm³/mol. The van der Waals surface area contributed by atoms with Crippen molar-refractivity contribution in [1.82, 2.24) is 5.32 Å². The van der Waals surface area contributed by atoms with Crippen molar-refractivity contribution in [3.05, 3.63) is 33.8 Å². The van der Waals surface area contributed by atoms with Gasteiger partial charge < -0.3 is 10.1 Å². The van der Waals surface area contributed by atoms with E-state index in [1.54, 1.807) is 18.2 Å². The smallest absolute Gasteiger partial charge is 0.325 e. The highest BCUT2D eigenvalue weighted by molar-refractivity contribution is 6.35. The Hall–Kier alpha value is -1.26. The molecular formula is C11H11Cl2NO3. The second kappa shape index (κ2) is 6.47. The molecule has 92 valence electrons. The summed E-state index contributed by atoms with van der Waals surface area (Å²) in [5.74, 6) is -0.839. The summed E-state index contributed by atoms with van der Waals surface area (Å²) in [6, 6.07) is 5.02. The van der Waals surface area contributed by atoms with Gasteiger partial charge in [-0.25, -0.2) is 0 Å². The number of carbonyl (C=O) groups excluding carboxylic acids is 2. The highest BCUT2D eigenvalue weighted by Crippen LogP contribution is 2.24. The third-order valence-corrected chi connectivity index (χ3v) is 2.63. The van der Waals surface area contributed by atoms with Crippen LogP contribution in [-0.4, -0.2) is 18.4 Å². The Kier molecular flexibility index (Phi) is 5.25. The lowest BCUT2D eigenvalue weighted by Gasteiger charge is -2.08. The fourth-order valence-corrected chi connectivity index (χ4v) is 1.58. The Morgan fingerprint density at radius 3 is 2.41 bits per heavy atom. The maximum atomic E-state index is 11.2. The minimum atomic E-state index is -0.545. The van der Waals surface area contributed by atoms with Crippen LogP contribution < -0.4 is 5.32 Å². The van der Waals surface area contributed by atoms with Crippen LogP contribution in [0.4, 0.5) is 0 Å². The maximum absolute atomic E-state index is 11.2. The number of hydrogen-bond acceptors (Lipinski definition) is 3. The standard InChI is InChI=1S/C11H11Cl2NO3/c1-7(15)14-5-11(16)17-6-8-9(12)3-2-4-10(8)13/h2-4H,5-6H2,1H3,(H,14,15). The van der Waals surface area contributed by atoms with E-state index in [1.807, 2.05) is 0 Å². The molecule has 0 fully saturated rings. The van der Waals surface area contributed by atoms with Gasteiger partial charge in [0.1, 0.15) is 13.2 Å². The van der Waals surface area contributed by atoms with Gasteiger partial charge in [0.15, 0.2) is 0 Å². The van der Waals surface area contributed by atoms with E-state index in [0.29, 0.717) is 15.6 Å². The molecule has 0 aliphatic rings. The quantitative estimate of drug-likeness (QED) is 0.857. The minimum Gasteiger partial charge on any atom is -0.459 e. The van der Waals surface area contributed by atoms with Crippen molar-refractivity contribution >= 4 is 35.1 Å². The molecule has 0 aliphatic carbocycles. The van der Waals surface area contributed by atoms with Gasteiger partial charge in [-0.3, -0.25) is 9.59 Å². The van der Waals surface area contributed by atoms with Gasteiger partial charge in [0.2, 0.25) is 5.91 Å². The zero-order chi connectivity index (χ0) is 12.8. The van der Waals surface area contributed by atoms with Crippen LogP contribution in [0.1, 0.15) is 12.5 Å². The van der Waals surface area contributed by atoms with Crippen LogP contribution >= 0.6 is 23.2 Å². The highest BCUT2D eigenvalue weighted by atomic mass is 35.5. The van der Waals surface area contributed by atoms with Crippen molar-refractivity contribution in [2.24, 2.45) is 0 Å². The average molecular weight is 276 g/mol. The first-order chi connectivity index (χ1) is 8.00. The number of halogens is 2. The number of carbonyl (C=O) groups is 2. The first-order valence-corrected chi connectivity index (χ1v) is 5.59. The van der Waals surface area contributed by atoms with Crippen LogP contribution in [0.3, 0.4) is 0 Å². The minimum absolute atomic E-state index is 0.0169. The zero-order valence-electron chi connectivity index (χ0n) is 9.13. The molecule has 1 rings (SSSR count). The van der Waals surface area contributed by atoms with Crippen molar-refractivity contribution in [2.45, 2.75) is 13.5 Å². The Labute approximate surface area is 109 Å². The van der Waals surface area contributed by atoms with Gasteiger partial charge in [0.25, 0.3) is 0 Å². The molecule has 0 bridgehead atoms. The summed E-state index contributed by atoms with van der Waals surface area (Å²) < 4.78 is 4.92. The summed E-state index contributed by atoms with van der Waals surface area (Å²) >= 11 is 11.8. The van der Waals surface area contributed by atoms with Gasteiger partial charge in [0, 0.05) is 22.5 Å². The molecule has 0 aliphatic heterocycles. The molecule has 6 heteroatoms. The van der Waals surface area contributed by atoms with Crippen LogP contribution in [0.15, 0.2) is 18.2 Å². The Balaban J connectivity index is 2.50. The number of rotatable bonds is 4. The van der Waals surface area contributed by atoms with E-state index in [-0.39, 0.29) is 19.1 Å². The molecular weight excluding hydrogens is 265 g/mol. The lowest BCUT2D eigenvalue weighted by Crippen LogP contribution is -2.28. The molecule has 0 saturated heterocycles. The first kappa shape index (κ1) is 13.8. The lowest BCUT2D eigenvalue weighted by molar-refractivity contribution is -0.145. The van der Waals surface area contributed by atoms with Crippen LogP contribution in [-0.2, 0) is 20.9 Å². The van der Waals surface area contributed by atoms with Gasteiger partial charge in [-0.15, -0.1) is 0 Å². The fraction of sp³-hybridized carbons (Fsp3) is 0.273. The Bertz CT molecular complexity index is 414. The second-order valence-corrected chi connectivity index (χ2v) is 4.09. The van der Waals surface area contributed by atoms with Crippen LogP contribution in [0, 0.1) is 0 Å². The largest absolute Gasteiger partial charge is 0.459 e. The number of ether oxygens (including phenoxy) is 1. The van der Waals surface area contributed by atoms with E-state index in [4.69, 9.17) is 27.9 Å². The van der Waals surface area contributed by atoms with Crippen molar-refractivity contribution in [3.8, 4) is 0 Å². The molecule has 0 atom stereocenters. The molecule has 1 N–H and O–H groups in total. The molecule has 1 aromatic carbocycles. The molecule has 17 heavy (non-hydrogen) atoms. The molecule has 4 nitrogen and oxygen atoms in total. The normalized spacial score (nSPS) is 9.82. The second-order valence-electron chi connectivity index (χ2n) is 3.27. The molecule has 0 heterocycles. The van der Waals surface area contributed by atoms with Gasteiger partial charge in [0.05, 0.1) is 0 Å². The molecule has 0 saturated carbocycles. The monoisotopic (exact) mass is 275 g/mol. The summed E-state index contributed by atoms with van der Waals surface area (Å²) in [6.07, 6.45) is 0. The molecule has 0 radical (unpaired) electrons. The van der Waals surface area contributed by atoms with Gasteiger partial charge in [-0.05, 0) is 12.1 Å². The molecule has 0 spiro atoms. The van der Waals surface area contributed by atoms with Crippen LogP contribution in [0.2, 0.25) is 10.0 Å². The van der Waals surface area contributed by atoms with Crippen molar-refractivity contribution < 1.29 is 14.3 Å². The average Bonchev–Trinajstić information content (AvgIpc) is 2.25. The summed E-state index contributed by atoms with van der Waals surface area (Å²) in [5.41, 5.74) is 0.548. The van der Waals surface area contributed by atoms with Crippen molar-refractivity contribution in [3.63, 3.8) is 0 Å². The van der Waals surface area contributed by atoms with Gasteiger partial charge in [-0.2, -0.15) is 0 Å². The number of benzene rings is 1. The van der Waals surface area contributed by atoms with Gasteiger partial charge in [-0.1, -0.05) is 29.3 Å².